The molecule has 0 aliphatic carbocycles. The van der Waals surface area contributed by atoms with Crippen LogP contribution in [0.5, 0.6) is 0 Å². The lowest BCUT2D eigenvalue weighted by Crippen LogP contribution is -2.18. The molecule has 0 bridgehead atoms. The minimum absolute atomic E-state index is 0.221. The lowest BCUT2D eigenvalue weighted by molar-refractivity contribution is 0.426. The number of nitrogens with zero attached hydrogens (tertiary/aromatic N) is 1. The maximum absolute atomic E-state index is 3.39. The standard InChI is InChI=1S/C12H17IN2/c1-12(2,3)8-5-6-9-10(7-8)14-15(4)11(9)13/h5-7,11,14H,1-4H3. The first-order valence-corrected chi connectivity index (χ1v) is 6.42. The molecule has 0 fully saturated rings. The van der Waals surface area contributed by atoms with Gasteiger partial charge in [-0.3, -0.25) is 0 Å². The molecule has 0 amide bonds. The van der Waals surface area contributed by atoms with E-state index in [2.05, 4.69) is 79.0 Å². The van der Waals surface area contributed by atoms with Gasteiger partial charge in [0.05, 0.1) is 5.69 Å². The summed E-state index contributed by atoms with van der Waals surface area (Å²) in [6, 6.07) is 6.75. The van der Waals surface area contributed by atoms with Crippen LogP contribution < -0.4 is 5.43 Å². The molecule has 0 radical (unpaired) electrons. The molecule has 82 valence electrons. The van der Waals surface area contributed by atoms with Gasteiger partial charge in [0.25, 0.3) is 0 Å². The van der Waals surface area contributed by atoms with Gasteiger partial charge in [0.1, 0.15) is 4.05 Å². The molecule has 15 heavy (non-hydrogen) atoms. The summed E-state index contributed by atoms with van der Waals surface area (Å²) >= 11 is 2.45. The molecule has 1 aromatic rings. The van der Waals surface area contributed by atoms with Gasteiger partial charge in [-0.15, -0.1) is 0 Å². The predicted octanol–water partition coefficient (Wildman–Crippen LogP) is 3.69. The molecule has 1 aromatic carbocycles. The molecule has 0 spiro atoms. The van der Waals surface area contributed by atoms with Gasteiger partial charge >= 0.3 is 0 Å². The summed E-state index contributed by atoms with van der Waals surface area (Å²) in [7, 11) is 2.08. The van der Waals surface area contributed by atoms with Crippen molar-refractivity contribution in [1.29, 1.82) is 0 Å². The van der Waals surface area contributed by atoms with Crippen LogP contribution in [0.2, 0.25) is 0 Å². The van der Waals surface area contributed by atoms with Gasteiger partial charge in [0.2, 0.25) is 0 Å². The molecular weight excluding hydrogens is 299 g/mol. The van der Waals surface area contributed by atoms with Crippen LogP contribution in [0.15, 0.2) is 18.2 Å². The van der Waals surface area contributed by atoms with Gasteiger partial charge in [-0.1, -0.05) is 55.5 Å². The van der Waals surface area contributed by atoms with Crippen molar-refractivity contribution in [2.24, 2.45) is 0 Å². The number of hydrogen-bond acceptors (Lipinski definition) is 2. The Morgan fingerprint density at radius 1 is 1.33 bits per heavy atom. The Labute approximate surface area is 105 Å². The Morgan fingerprint density at radius 2 is 2.00 bits per heavy atom. The number of anilines is 1. The summed E-state index contributed by atoms with van der Waals surface area (Å²) in [4.78, 5) is 0. The van der Waals surface area contributed by atoms with Crippen LogP contribution in [0, 0.1) is 0 Å². The largest absolute Gasteiger partial charge is 0.317 e. The number of nitrogens with one attached hydrogen (secondary N) is 1. The van der Waals surface area contributed by atoms with Crippen LogP contribution in [0.1, 0.15) is 35.9 Å². The highest BCUT2D eigenvalue weighted by atomic mass is 127. The Bertz CT molecular complexity index is 382. The SMILES string of the molecule is CN1Nc2cc(C(C)(C)C)ccc2C1I. The Balaban J connectivity index is 2.42. The van der Waals surface area contributed by atoms with E-state index in [0.29, 0.717) is 4.05 Å². The third-order valence-electron chi connectivity index (χ3n) is 2.81. The van der Waals surface area contributed by atoms with E-state index >= 15 is 0 Å². The zero-order valence-electron chi connectivity index (χ0n) is 9.63. The highest BCUT2D eigenvalue weighted by Gasteiger charge is 2.26. The van der Waals surface area contributed by atoms with Crippen LogP contribution in [0.25, 0.3) is 0 Å². The number of rotatable bonds is 0. The van der Waals surface area contributed by atoms with E-state index in [0.717, 1.165) is 0 Å². The molecule has 3 heteroatoms. The fourth-order valence-electron chi connectivity index (χ4n) is 1.78. The average Bonchev–Trinajstić information content (AvgIpc) is 2.41. The summed E-state index contributed by atoms with van der Waals surface area (Å²) in [5.74, 6) is 0. The lowest BCUT2D eigenvalue weighted by Gasteiger charge is -2.19. The summed E-state index contributed by atoms with van der Waals surface area (Å²) in [6.07, 6.45) is 0. The van der Waals surface area contributed by atoms with E-state index in [-0.39, 0.29) is 5.41 Å². The average molecular weight is 316 g/mol. The number of fused-ring (bicyclic) bond motifs is 1. The van der Waals surface area contributed by atoms with Crippen molar-refractivity contribution in [3.05, 3.63) is 29.3 Å². The quantitative estimate of drug-likeness (QED) is 0.446. The first kappa shape index (κ1) is 11.2. The second-order valence-corrected chi connectivity index (χ2v) is 6.29. The Hall–Kier alpha value is -0.290. The molecule has 2 rings (SSSR count). The van der Waals surface area contributed by atoms with Crippen molar-refractivity contribution in [2.45, 2.75) is 30.2 Å². The number of hydrazine groups is 1. The monoisotopic (exact) mass is 316 g/mol. The van der Waals surface area contributed by atoms with Gasteiger partial charge in [-0.25, -0.2) is 5.01 Å². The van der Waals surface area contributed by atoms with E-state index in [4.69, 9.17) is 0 Å². The second kappa shape index (κ2) is 3.63. The molecule has 1 aliphatic heterocycles. The summed E-state index contributed by atoms with van der Waals surface area (Å²) < 4.78 is 0.437. The van der Waals surface area contributed by atoms with Gasteiger partial charge in [0.15, 0.2) is 0 Å². The third-order valence-corrected chi connectivity index (χ3v) is 4.32. The lowest BCUT2D eigenvalue weighted by atomic mass is 9.86. The second-order valence-electron chi connectivity index (χ2n) is 5.11. The molecule has 0 saturated heterocycles. The van der Waals surface area contributed by atoms with Gasteiger partial charge < -0.3 is 5.43 Å². The summed E-state index contributed by atoms with van der Waals surface area (Å²) in [5.41, 5.74) is 7.62. The third kappa shape index (κ3) is 1.99. The van der Waals surface area contributed by atoms with Crippen LogP contribution in [-0.4, -0.2) is 12.1 Å². The van der Waals surface area contributed by atoms with E-state index in [1.165, 1.54) is 16.8 Å². The zero-order chi connectivity index (χ0) is 11.2. The van der Waals surface area contributed by atoms with Crippen LogP contribution in [-0.2, 0) is 5.41 Å². The van der Waals surface area contributed by atoms with Crippen LogP contribution in [0.4, 0.5) is 5.69 Å². The van der Waals surface area contributed by atoms with Crippen molar-refractivity contribution in [2.75, 3.05) is 12.5 Å². The summed E-state index contributed by atoms with van der Waals surface area (Å²) in [6.45, 7) is 6.73. The Morgan fingerprint density at radius 3 is 2.60 bits per heavy atom. The molecule has 1 heterocycles. The normalized spacial score (nSPS) is 21.3. The smallest absolute Gasteiger partial charge is 0.107 e. The number of hydrogen-bond donors (Lipinski definition) is 1. The van der Waals surface area contributed by atoms with E-state index in [1.54, 1.807) is 0 Å². The predicted molar refractivity (Wildman–Crippen MR) is 73.3 cm³/mol. The van der Waals surface area contributed by atoms with E-state index in [9.17, 15) is 0 Å². The van der Waals surface area contributed by atoms with Gasteiger partial charge in [-0.05, 0) is 17.0 Å². The Kier molecular flexibility index (Phi) is 2.71. The molecule has 0 saturated carbocycles. The molecule has 1 atom stereocenters. The van der Waals surface area contributed by atoms with E-state index < -0.39 is 0 Å². The molecule has 1 aliphatic rings. The first-order valence-electron chi connectivity index (χ1n) is 5.17. The van der Waals surface area contributed by atoms with Gasteiger partial charge in [0, 0.05) is 12.6 Å². The fourth-order valence-corrected chi connectivity index (χ4v) is 2.46. The van der Waals surface area contributed by atoms with Crippen molar-refractivity contribution >= 4 is 28.3 Å². The highest BCUT2D eigenvalue weighted by Crippen LogP contribution is 2.40. The first-order chi connectivity index (χ1) is 6.89. The minimum Gasteiger partial charge on any atom is -0.317 e. The van der Waals surface area contributed by atoms with Gasteiger partial charge in [-0.2, -0.15) is 0 Å². The zero-order valence-corrected chi connectivity index (χ0v) is 11.8. The molecule has 1 N–H and O–H groups in total. The minimum atomic E-state index is 0.221. The molecule has 2 nitrogen and oxygen atoms in total. The van der Waals surface area contributed by atoms with Crippen molar-refractivity contribution in [1.82, 2.24) is 5.01 Å². The fraction of sp³-hybridized carbons (Fsp3) is 0.500. The van der Waals surface area contributed by atoms with Crippen molar-refractivity contribution < 1.29 is 0 Å². The highest BCUT2D eigenvalue weighted by molar-refractivity contribution is 14.1. The van der Waals surface area contributed by atoms with Crippen molar-refractivity contribution in [3.8, 4) is 0 Å². The van der Waals surface area contributed by atoms with E-state index in [1.807, 2.05) is 0 Å². The molecule has 1 unspecified atom stereocenters. The maximum Gasteiger partial charge on any atom is 0.107 e. The van der Waals surface area contributed by atoms with Crippen molar-refractivity contribution in [3.63, 3.8) is 0 Å². The maximum atomic E-state index is 3.39. The number of benzene rings is 1. The number of alkyl halides is 1. The van der Waals surface area contributed by atoms with Crippen LogP contribution in [0.3, 0.4) is 0 Å². The summed E-state index contributed by atoms with van der Waals surface area (Å²) in [5, 5.41) is 2.14. The molecular formula is C12H17IN2. The number of halogens is 1. The topological polar surface area (TPSA) is 15.3 Å². The molecule has 0 aromatic heterocycles. The van der Waals surface area contributed by atoms with Crippen LogP contribution >= 0.6 is 22.6 Å².